The Balaban J connectivity index is 1.79. The molecule has 10 heteroatoms. The van der Waals surface area contributed by atoms with Crippen LogP contribution in [-0.4, -0.2) is 72.6 Å². The quantitative estimate of drug-likeness (QED) is 0.797. The van der Waals surface area contributed by atoms with E-state index in [-0.39, 0.29) is 13.2 Å². The van der Waals surface area contributed by atoms with Crippen LogP contribution in [0, 0.1) is 0 Å². The first-order valence-corrected chi connectivity index (χ1v) is 8.48. The van der Waals surface area contributed by atoms with Gasteiger partial charge in [0.15, 0.2) is 6.10 Å². The van der Waals surface area contributed by atoms with E-state index in [1.165, 1.54) is 4.90 Å². The second kappa shape index (κ2) is 7.73. The fourth-order valence-corrected chi connectivity index (χ4v) is 2.97. The summed E-state index contributed by atoms with van der Waals surface area (Å²) >= 11 is 0. The molecule has 1 saturated heterocycles. The number of aromatic nitrogens is 2. The van der Waals surface area contributed by atoms with Crippen LogP contribution in [0.3, 0.4) is 0 Å². The van der Waals surface area contributed by atoms with E-state index in [1.54, 1.807) is 25.3 Å². The van der Waals surface area contributed by atoms with Crippen LogP contribution in [0.5, 0.6) is 0 Å². The highest BCUT2D eigenvalue weighted by Crippen LogP contribution is 2.27. The highest BCUT2D eigenvalue weighted by atomic mass is 19.4. The zero-order valence-corrected chi connectivity index (χ0v) is 15.0. The standard InChI is InChI=1S/C17H21F3N4O3/c1-23-13-4-3-11(9-12(13)22-16(23)21-5-7-26-2)15(25)24-6-8-27-14(10-24)17(18,19)20/h3-4,9,14H,5-8,10H2,1-2H3,(H,21,22). The van der Waals surface area contributed by atoms with Gasteiger partial charge in [-0.25, -0.2) is 4.98 Å². The summed E-state index contributed by atoms with van der Waals surface area (Å²) in [6.07, 6.45) is -6.45. The lowest BCUT2D eigenvalue weighted by atomic mass is 10.1. The van der Waals surface area contributed by atoms with E-state index in [0.717, 1.165) is 5.52 Å². The molecule has 0 aliphatic carbocycles. The second-order valence-electron chi connectivity index (χ2n) is 6.27. The number of methoxy groups -OCH3 is 1. The van der Waals surface area contributed by atoms with Crippen molar-refractivity contribution >= 4 is 22.9 Å². The molecule has 27 heavy (non-hydrogen) atoms. The smallest absolute Gasteiger partial charge is 0.383 e. The van der Waals surface area contributed by atoms with Crippen molar-refractivity contribution in [1.29, 1.82) is 0 Å². The van der Waals surface area contributed by atoms with Gasteiger partial charge >= 0.3 is 6.18 Å². The lowest BCUT2D eigenvalue weighted by molar-refractivity contribution is -0.233. The molecule has 0 bridgehead atoms. The summed E-state index contributed by atoms with van der Waals surface area (Å²) in [6.45, 7) is 0.563. The molecule has 3 rings (SSSR count). The highest BCUT2D eigenvalue weighted by Gasteiger charge is 2.44. The van der Waals surface area contributed by atoms with Crippen LogP contribution in [0.1, 0.15) is 10.4 Å². The van der Waals surface area contributed by atoms with Crippen LogP contribution in [0.2, 0.25) is 0 Å². The Morgan fingerprint density at radius 3 is 2.93 bits per heavy atom. The zero-order chi connectivity index (χ0) is 19.6. The maximum Gasteiger partial charge on any atom is 0.416 e. The van der Waals surface area contributed by atoms with Crippen LogP contribution in [0.15, 0.2) is 18.2 Å². The fraction of sp³-hybridized carbons (Fsp3) is 0.529. The summed E-state index contributed by atoms with van der Waals surface area (Å²) < 4.78 is 50.2. The van der Waals surface area contributed by atoms with Crippen molar-refractivity contribution in [3.63, 3.8) is 0 Å². The number of aryl methyl sites for hydroxylation is 1. The molecule has 1 N–H and O–H groups in total. The summed E-state index contributed by atoms with van der Waals surface area (Å²) in [6, 6.07) is 4.93. The number of hydrogen-bond donors (Lipinski definition) is 1. The van der Waals surface area contributed by atoms with Crippen molar-refractivity contribution in [3.05, 3.63) is 23.8 Å². The van der Waals surface area contributed by atoms with E-state index in [2.05, 4.69) is 10.3 Å². The minimum Gasteiger partial charge on any atom is -0.383 e. The van der Waals surface area contributed by atoms with E-state index in [0.29, 0.717) is 30.2 Å². The molecule has 1 aromatic heterocycles. The lowest BCUT2D eigenvalue weighted by Gasteiger charge is -2.33. The Morgan fingerprint density at radius 1 is 1.44 bits per heavy atom. The number of alkyl halides is 3. The molecule has 0 radical (unpaired) electrons. The van der Waals surface area contributed by atoms with E-state index in [9.17, 15) is 18.0 Å². The molecule has 2 aromatic rings. The molecule has 1 atom stereocenters. The molecule has 1 aromatic carbocycles. The Morgan fingerprint density at radius 2 is 2.22 bits per heavy atom. The maximum absolute atomic E-state index is 12.9. The van der Waals surface area contributed by atoms with Gasteiger partial charge in [-0.1, -0.05) is 0 Å². The molecule has 1 aliphatic heterocycles. The fourth-order valence-electron chi connectivity index (χ4n) is 2.97. The number of amides is 1. The molecule has 1 amide bonds. The first kappa shape index (κ1) is 19.4. The highest BCUT2D eigenvalue weighted by molar-refractivity contribution is 5.97. The molecular formula is C17H21F3N4O3. The van der Waals surface area contributed by atoms with Crippen LogP contribution >= 0.6 is 0 Å². The van der Waals surface area contributed by atoms with Crippen molar-refractivity contribution in [2.45, 2.75) is 12.3 Å². The van der Waals surface area contributed by atoms with Crippen LogP contribution in [0.25, 0.3) is 11.0 Å². The van der Waals surface area contributed by atoms with Crippen LogP contribution < -0.4 is 5.32 Å². The third-order valence-electron chi connectivity index (χ3n) is 4.44. The number of nitrogens with one attached hydrogen (secondary N) is 1. The van der Waals surface area contributed by atoms with Gasteiger partial charge in [-0.05, 0) is 18.2 Å². The number of halogens is 3. The molecule has 2 heterocycles. The van der Waals surface area contributed by atoms with E-state index >= 15 is 0 Å². The van der Waals surface area contributed by atoms with Gasteiger partial charge < -0.3 is 24.3 Å². The zero-order valence-electron chi connectivity index (χ0n) is 15.0. The summed E-state index contributed by atoms with van der Waals surface area (Å²) in [5, 5.41) is 3.13. The topological polar surface area (TPSA) is 68.6 Å². The Hall–Kier alpha value is -2.33. The van der Waals surface area contributed by atoms with Gasteiger partial charge in [-0.3, -0.25) is 4.79 Å². The Labute approximate surface area is 154 Å². The molecule has 1 aliphatic rings. The third-order valence-corrected chi connectivity index (χ3v) is 4.44. The number of morpholine rings is 1. The van der Waals surface area contributed by atoms with Crippen molar-refractivity contribution in [2.75, 3.05) is 45.3 Å². The summed E-state index contributed by atoms with van der Waals surface area (Å²) in [5.74, 6) is 0.157. The SMILES string of the molecule is COCCNc1nc2cc(C(=O)N3CCOC(C(F)(F)F)C3)ccc2n1C. The predicted molar refractivity (Wildman–Crippen MR) is 92.8 cm³/mol. The van der Waals surface area contributed by atoms with Gasteiger partial charge in [-0.15, -0.1) is 0 Å². The predicted octanol–water partition coefficient (Wildman–Crippen LogP) is 2.03. The molecule has 148 valence electrons. The minimum atomic E-state index is -4.49. The number of benzene rings is 1. The number of anilines is 1. The number of rotatable bonds is 5. The van der Waals surface area contributed by atoms with Crippen LogP contribution in [-0.2, 0) is 16.5 Å². The van der Waals surface area contributed by atoms with Crippen molar-refractivity contribution in [3.8, 4) is 0 Å². The Bertz CT molecular complexity index is 822. The largest absolute Gasteiger partial charge is 0.416 e. The minimum absolute atomic E-state index is 0.121. The van der Waals surface area contributed by atoms with Gasteiger partial charge in [0.05, 0.1) is 30.8 Å². The number of carbonyl (C=O) groups excluding carboxylic acids is 1. The number of ether oxygens (including phenoxy) is 2. The van der Waals surface area contributed by atoms with Crippen molar-refractivity contribution in [1.82, 2.24) is 14.5 Å². The van der Waals surface area contributed by atoms with E-state index < -0.39 is 24.7 Å². The van der Waals surface area contributed by atoms with Crippen molar-refractivity contribution in [2.24, 2.45) is 7.05 Å². The number of nitrogens with zero attached hydrogens (tertiary/aromatic N) is 3. The van der Waals surface area contributed by atoms with Gasteiger partial charge in [0.25, 0.3) is 5.91 Å². The number of fused-ring (bicyclic) bond motifs is 1. The average molecular weight is 386 g/mol. The summed E-state index contributed by atoms with van der Waals surface area (Å²) in [4.78, 5) is 18.3. The van der Waals surface area contributed by atoms with Gasteiger partial charge in [0, 0.05) is 32.8 Å². The number of carbonyl (C=O) groups is 1. The van der Waals surface area contributed by atoms with E-state index in [4.69, 9.17) is 9.47 Å². The lowest BCUT2D eigenvalue weighted by Crippen LogP contribution is -2.51. The average Bonchev–Trinajstić information content (AvgIpc) is 2.96. The Kier molecular flexibility index (Phi) is 5.56. The normalized spacial score (nSPS) is 18.1. The summed E-state index contributed by atoms with van der Waals surface area (Å²) in [5.41, 5.74) is 1.69. The first-order chi connectivity index (χ1) is 12.8. The van der Waals surface area contributed by atoms with Crippen molar-refractivity contribution < 1.29 is 27.4 Å². The second-order valence-corrected chi connectivity index (χ2v) is 6.27. The molecule has 0 saturated carbocycles. The maximum atomic E-state index is 12.9. The molecule has 1 unspecified atom stereocenters. The van der Waals surface area contributed by atoms with Gasteiger partial charge in [0.1, 0.15) is 0 Å². The molecular weight excluding hydrogens is 365 g/mol. The van der Waals surface area contributed by atoms with E-state index in [1.807, 2.05) is 11.6 Å². The number of imidazole rings is 1. The monoisotopic (exact) mass is 386 g/mol. The molecule has 7 nitrogen and oxygen atoms in total. The van der Waals surface area contributed by atoms with Gasteiger partial charge in [-0.2, -0.15) is 13.2 Å². The summed E-state index contributed by atoms with van der Waals surface area (Å²) in [7, 11) is 3.44. The first-order valence-electron chi connectivity index (χ1n) is 8.48. The third kappa shape index (κ3) is 4.16. The van der Waals surface area contributed by atoms with Gasteiger partial charge in [0.2, 0.25) is 5.95 Å². The molecule has 1 fully saturated rings. The number of hydrogen-bond acceptors (Lipinski definition) is 5. The van der Waals surface area contributed by atoms with Crippen LogP contribution in [0.4, 0.5) is 19.1 Å². The molecule has 0 spiro atoms.